The van der Waals surface area contributed by atoms with Crippen LogP contribution in [0, 0.1) is 13.8 Å². The molecule has 4 rings (SSSR count). The highest BCUT2D eigenvalue weighted by molar-refractivity contribution is 5.82. The van der Waals surface area contributed by atoms with Gasteiger partial charge in [0.05, 0.1) is 0 Å². The van der Waals surface area contributed by atoms with Crippen LogP contribution in [0.25, 0.3) is 11.1 Å². The second-order valence-corrected chi connectivity index (χ2v) is 6.78. The molecule has 0 saturated heterocycles. The van der Waals surface area contributed by atoms with Crippen LogP contribution in [-0.4, -0.2) is 7.05 Å². The van der Waals surface area contributed by atoms with Gasteiger partial charge >= 0.3 is 0 Å². The van der Waals surface area contributed by atoms with Gasteiger partial charge in [0.15, 0.2) is 0 Å². The molecule has 0 spiro atoms. The van der Waals surface area contributed by atoms with E-state index in [1.54, 1.807) is 0 Å². The van der Waals surface area contributed by atoms with Gasteiger partial charge in [-0.15, -0.1) is 0 Å². The predicted molar refractivity (Wildman–Crippen MR) is 103 cm³/mol. The van der Waals surface area contributed by atoms with Crippen LogP contribution in [0.3, 0.4) is 0 Å². The molecule has 3 aromatic carbocycles. The van der Waals surface area contributed by atoms with Gasteiger partial charge in [-0.1, -0.05) is 29.8 Å². The van der Waals surface area contributed by atoms with Gasteiger partial charge in [0, 0.05) is 24.1 Å². The molecule has 3 aromatic rings. The maximum atomic E-state index is 5.94. The molecule has 1 aliphatic rings. The lowest BCUT2D eigenvalue weighted by molar-refractivity contribution is 1.17. The van der Waals surface area contributed by atoms with Crippen molar-refractivity contribution in [3.8, 4) is 11.1 Å². The van der Waals surface area contributed by atoms with Crippen molar-refractivity contribution in [2.24, 2.45) is 0 Å². The van der Waals surface area contributed by atoms with Crippen molar-refractivity contribution in [1.29, 1.82) is 0 Å². The number of nitrogen functional groups attached to an aromatic ring is 1. The molecule has 0 amide bonds. The molecule has 1 aliphatic carbocycles. The number of rotatable bonds is 2. The molecule has 120 valence electrons. The van der Waals surface area contributed by atoms with E-state index < -0.39 is 0 Å². The molecule has 2 nitrogen and oxygen atoms in total. The molecular formula is C22H22N2. The van der Waals surface area contributed by atoms with E-state index in [4.69, 9.17) is 5.73 Å². The minimum absolute atomic E-state index is 0.842. The third-order valence-corrected chi connectivity index (χ3v) is 4.99. The minimum atomic E-state index is 0.842. The van der Waals surface area contributed by atoms with Gasteiger partial charge in [0.2, 0.25) is 0 Å². The summed E-state index contributed by atoms with van der Waals surface area (Å²) in [4.78, 5) is 2.27. The Morgan fingerprint density at radius 1 is 0.833 bits per heavy atom. The lowest BCUT2D eigenvalue weighted by Gasteiger charge is -2.23. The van der Waals surface area contributed by atoms with Gasteiger partial charge in [0.1, 0.15) is 0 Å². The van der Waals surface area contributed by atoms with Crippen LogP contribution in [-0.2, 0) is 6.42 Å². The Morgan fingerprint density at radius 3 is 2.46 bits per heavy atom. The summed E-state index contributed by atoms with van der Waals surface area (Å²) in [6.45, 7) is 4.30. The summed E-state index contributed by atoms with van der Waals surface area (Å²) in [6.07, 6.45) is 0.975. The van der Waals surface area contributed by atoms with Crippen LogP contribution < -0.4 is 10.6 Å². The molecule has 0 unspecified atom stereocenters. The Bertz CT molecular complexity index is 941. The van der Waals surface area contributed by atoms with Crippen molar-refractivity contribution in [3.63, 3.8) is 0 Å². The first kappa shape index (κ1) is 14.8. The lowest BCUT2D eigenvalue weighted by Crippen LogP contribution is -2.11. The van der Waals surface area contributed by atoms with Crippen molar-refractivity contribution in [1.82, 2.24) is 0 Å². The monoisotopic (exact) mass is 314 g/mol. The fourth-order valence-electron chi connectivity index (χ4n) is 3.73. The van der Waals surface area contributed by atoms with E-state index in [0.29, 0.717) is 0 Å². The zero-order chi connectivity index (χ0) is 16.8. The van der Waals surface area contributed by atoms with Crippen LogP contribution in [0.5, 0.6) is 0 Å². The topological polar surface area (TPSA) is 29.3 Å². The third-order valence-electron chi connectivity index (χ3n) is 4.99. The van der Waals surface area contributed by atoms with E-state index in [9.17, 15) is 0 Å². The van der Waals surface area contributed by atoms with E-state index in [0.717, 1.165) is 12.1 Å². The number of anilines is 3. The highest BCUT2D eigenvalue weighted by atomic mass is 15.1. The highest BCUT2D eigenvalue weighted by Gasteiger charge is 2.20. The molecule has 0 bridgehead atoms. The molecule has 0 saturated carbocycles. The first-order chi connectivity index (χ1) is 11.5. The number of benzene rings is 3. The van der Waals surface area contributed by atoms with Crippen LogP contribution in [0.2, 0.25) is 0 Å². The highest BCUT2D eigenvalue weighted by Crippen LogP contribution is 2.40. The summed E-state index contributed by atoms with van der Waals surface area (Å²) >= 11 is 0. The number of nitrogens with zero attached hydrogens (tertiary/aromatic N) is 1. The SMILES string of the molecule is Cc1ccc(N(C)c2ccc3c(c2)-c2ccc(N)cc2C3)c(C)c1. The number of aryl methyl sites for hydroxylation is 2. The summed E-state index contributed by atoms with van der Waals surface area (Å²) in [6, 6.07) is 19.6. The fourth-order valence-corrected chi connectivity index (χ4v) is 3.73. The van der Waals surface area contributed by atoms with Crippen molar-refractivity contribution in [3.05, 3.63) is 76.9 Å². The minimum Gasteiger partial charge on any atom is -0.399 e. The molecule has 2 N–H and O–H groups in total. The Hall–Kier alpha value is -2.74. The van der Waals surface area contributed by atoms with Crippen molar-refractivity contribution < 1.29 is 0 Å². The van der Waals surface area contributed by atoms with Gasteiger partial charge < -0.3 is 10.6 Å². The standard InChI is InChI=1S/C22H22N2/c1-14-4-9-22(15(2)10-14)24(3)19-7-5-16-11-17-12-18(23)6-8-20(17)21(16)13-19/h4-10,12-13H,11,23H2,1-3H3. The first-order valence-electron chi connectivity index (χ1n) is 8.35. The Morgan fingerprint density at radius 2 is 1.67 bits per heavy atom. The molecule has 2 heteroatoms. The summed E-state index contributed by atoms with van der Waals surface area (Å²) in [7, 11) is 2.14. The summed E-state index contributed by atoms with van der Waals surface area (Å²) in [5.74, 6) is 0. The average Bonchev–Trinajstić information content (AvgIpc) is 2.90. The van der Waals surface area contributed by atoms with Gasteiger partial charge in [-0.05, 0) is 78.4 Å². The zero-order valence-electron chi connectivity index (χ0n) is 14.4. The fraction of sp³-hybridized carbons (Fsp3) is 0.182. The van der Waals surface area contributed by atoms with Crippen LogP contribution in [0.1, 0.15) is 22.3 Å². The molecule has 0 heterocycles. The molecule has 24 heavy (non-hydrogen) atoms. The van der Waals surface area contributed by atoms with Crippen LogP contribution >= 0.6 is 0 Å². The predicted octanol–water partition coefficient (Wildman–Crippen LogP) is 5.22. The Kier molecular flexibility index (Phi) is 3.34. The second-order valence-electron chi connectivity index (χ2n) is 6.78. The normalized spacial score (nSPS) is 12.0. The van der Waals surface area contributed by atoms with Crippen LogP contribution in [0.4, 0.5) is 17.1 Å². The average molecular weight is 314 g/mol. The van der Waals surface area contributed by atoms with E-state index in [2.05, 4.69) is 74.3 Å². The molecule has 0 fully saturated rings. The number of fused-ring (bicyclic) bond motifs is 3. The Balaban J connectivity index is 1.77. The lowest BCUT2D eigenvalue weighted by atomic mass is 10.0. The first-order valence-corrected chi connectivity index (χ1v) is 8.35. The molecule has 0 aromatic heterocycles. The molecule has 0 aliphatic heterocycles. The van der Waals surface area contributed by atoms with Crippen molar-refractivity contribution in [2.75, 3.05) is 17.7 Å². The van der Waals surface area contributed by atoms with E-state index in [1.165, 1.54) is 44.8 Å². The summed E-state index contributed by atoms with van der Waals surface area (Å²) < 4.78 is 0. The third kappa shape index (κ3) is 2.35. The largest absolute Gasteiger partial charge is 0.399 e. The maximum absolute atomic E-state index is 5.94. The molecule has 0 atom stereocenters. The second kappa shape index (κ2) is 5.41. The van der Waals surface area contributed by atoms with Crippen molar-refractivity contribution >= 4 is 17.1 Å². The number of nitrogens with two attached hydrogens (primary N) is 1. The van der Waals surface area contributed by atoms with Gasteiger partial charge in [-0.2, -0.15) is 0 Å². The number of hydrogen-bond acceptors (Lipinski definition) is 2. The summed E-state index contributed by atoms with van der Waals surface area (Å²) in [5, 5.41) is 0. The molecule has 0 radical (unpaired) electrons. The van der Waals surface area contributed by atoms with E-state index in [1.807, 2.05) is 6.07 Å². The quantitative estimate of drug-likeness (QED) is 0.514. The van der Waals surface area contributed by atoms with Gasteiger partial charge in [0.25, 0.3) is 0 Å². The van der Waals surface area contributed by atoms with Crippen LogP contribution in [0.15, 0.2) is 54.6 Å². The smallest absolute Gasteiger partial charge is 0.0437 e. The zero-order valence-corrected chi connectivity index (χ0v) is 14.4. The van der Waals surface area contributed by atoms with E-state index >= 15 is 0 Å². The summed E-state index contributed by atoms with van der Waals surface area (Å²) in [5.41, 5.74) is 17.2. The van der Waals surface area contributed by atoms with Gasteiger partial charge in [-0.3, -0.25) is 0 Å². The van der Waals surface area contributed by atoms with Crippen molar-refractivity contribution in [2.45, 2.75) is 20.3 Å². The van der Waals surface area contributed by atoms with E-state index in [-0.39, 0.29) is 0 Å². The Labute approximate surface area is 143 Å². The molecular weight excluding hydrogens is 292 g/mol. The van der Waals surface area contributed by atoms with Gasteiger partial charge in [-0.25, -0.2) is 0 Å². The maximum Gasteiger partial charge on any atom is 0.0437 e. The number of hydrogen-bond donors (Lipinski definition) is 1.